The Labute approximate surface area is 131 Å². The fraction of sp³-hybridized carbons (Fsp3) is 0.769. The van der Waals surface area contributed by atoms with Crippen LogP contribution in [0.3, 0.4) is 0 Å². The Balaban J connectivity index is 1.99. The third-order valence-electron chi connectivity index (χ3n) is 3.87. The molecule has 0 radical (unpaired) electrons. The maximum atomic E-state index is 12.6. The van der Waals surface area contributed by atoms with Crippen LogP contribution in [0.2, 0.25) is 0 Å². The number of nitriles is 1. The highest BCUT2D eigenvalue weighted by atomic mass is 32.2. The van der Waals surface area contributed by atoms with Crippen LogP contribution in [0, 0.1) is 23.2 Å². The van der Waals surface area contributed by atoms with Crippen LogP contribution in [0.25, 0.3) is 0 Å². The summed E-state index contributed by atoms with van der Waals surface area (Å²) in [5, 5.41) is 16.5. The van der Waals surface area contributed by atoms with Gasteiger partial charge in [0.1, 0.15) is 0 Å². The quantitative estimate of drug-likeness (QED) is 0.750. The van der Waals surface area contributed by atoms with E-state index in [0.29, 0.717) is 19.6 Å². The van der Waals surface area contributed by atoms with Crippen LogP contribution in [0.4, 0.5) is 0 Å². The Morgan fingerprint density at radius 2 is 2.32 bits per heavy atom. The van der Waals surface area contributed by atoms with E-state index >= 15 is 0 Å². The molecule has 0 spiro atoms. The first-order valence-corrected chi connectivity index (χ1v) is 8.78. The van der Waals surface area contributed by atoms with Crippen LogP contribution in [0.15, 0.2) is 12.4 Å². The molecule has 1 aromatic rings. The summed E-state index contributed by atoms with van der Waals surface area (Å²) in [4.78, 5) is 0. The fourth-order valence-electron chi connectivity index (χ4n) is 2.70. The van der Waals surface area contributed by atoms with Crippen molar-refractivity contribution in [2.75, 3.05) is 26.7 Å². The Morgan fingerprint density at radius 3 is 2.95 bits per heavy atom. The Morgan fingerprint density at radius 1 is 1.55 bits per heavy atom. The molecule has 1 aromatic heterocycles. The summed E-state index contributed by atoms with van der Waals surface area (Å²) in [6.45, 7) is 3.61. The third kappa shape index (κ3) is 4.03. The molecule has 0 N–H and O–H groups in total. The zero-order valence-electron chi connectivity index (χ0n) is 13.0. The summed E-state index contributed by atoms with van der Waals surface area (Å²) in [5.41, 5.74) is 0. The minimum Gasteiger partial charge on any atom is -0.252 e. The lowest BCUT2D eigenvalue weighted by molar-refractivity contribution is 0.226. The minimum absolute atomic E-state index is 0.211. The molecule has 1 aliphatic heterocycles. The molecule has 0 aliphatic carbocycles. The molecule has 8 nitrogen and oxygen atoms in total. The molecular formula is C13H22N6O2S. The minimum atomic E-state index is -3.51. The Bertz CT molecular complexity index is 609. The lowest BCUT2D eigenvalue weighted by atomic mass is 10.00. The van der Waals surface area contributed by atoms with E-state index in [1.165, 1.54) is 15.7 Å². The van der Waals surface area contributed by atoms with Crippen LogP contribution < -0.4 is 0 Å². The van der Waals surface area contributed by atoms with Crippen molar-refractivity contribution in [1.29, 1.82) is 5.26 Å². The molecule has 1 fully saturated rings. The first kappa shape index (κ1) is 16.9. The van der Waals surface area contributed by atoms with E-state index in [0.717, 1.165) is 12.8 Å². The van der Waals surface area contributed by atoms with Crippen LogP contribution in [0.5, 0.6) is 0 Å². The van der Waals surface area contributed by atoms with E-state index in [-0.39, 0.29) is 18.4 Å². The first-order valence-electron chi connectivity index (χ1n) is 7.38. The van der Waals surface area contributed by atoms with E-state index < -0.39 is 10.2 Å². The zero-order chi connectivity index (χ0) is 16.2. The van der Waals surface area contributed by atoms with E-state index in [2.05, 4.69) is 16.4 Å². The molecule has 0 unspecified atom stereocenters. The van der Waals surface area contributed by atoms with Crippen molar-refractivity contribution < 1.29 is 8.42 Å². The second kappa shape index (κ2) is 7.17. The van der Waals surface area contributed by atoms with Crippen LogP contribution in [-0.4, -0.2) is 58.7 Å². The summed E-state index contributed by atoms with van der Waals surface area (Å²) >= 11 is 0. The van der Waals surface area contributed by atoms with Crippen LogP contribution in [-0.2, 0) is 16.8 Å². The summed E-state index contributed by atoms with van der Waals surface area (Å²) in [6.07, 6.45) is 5.22. The molecule has 1 aliphatic rings. The van der Waals surface area contributed by atoms with Gasteiger partial charge in [-0.1, -0.05) is 5.21 Å². The first-order chi connectivity index (χ1) is 10.4. The average molecular weight is 326 g/mol. The van der Waals surface area contributed by atoms with Gasteiger partial charge in [0.25, 0.3) is 10.2 Å². The van der Waals surface area contributed by atoms with Gasteiger partial charge in [0, 0.05) is 39.4 Å². The van der Waals surface area contributed by atoms with Gasteiger partial charge in [-0.3, -0.25) is 4.68 Å². The Kier molecular flexibility index (Phi) is 5.50. The highest BCUT2D eigenvalue weighted by molar-refractivity contribution is 7.86. The predicted molar refractivity (Wildman–Crippen MR) is 80.6 cm³/mol. The maximum Gasteiger partial charge on any atom is 0.281 e. The SMILES string of the molecule is C[C@H](C#N)CN(C)S(=O)(=O)N1CCC[C@H](Cn2ccnn2)C1. The van der Waals surface area contributed by atoms with Gasteiger partial charge in [-0.05, 0) is 25.7 Å². The fourth-order valence-corrected chi connectivity index (χ4v) is 4.26. The van der Waals surface area contributed by atoms with Gasteiger partial charge < -0.3 is 0 Å². The van der Waals surface area contributed by atoms with Crippen LogP contribution >= 0.6 is 0 Å². The van der Waals surface area contributed by atoms with Crippen molar-refractivity contribution in [3.05, 3.63) is 12.4 Å². The van der Waals surface area contributed by atoms with Gasteiger partial charge in [-0.2, -0.15) is 22.3 Å². The number of nitrogens with zero attached hydrogens (tertiary/aromatic N) is 6. The molecule has 122 valence electrons. The topological polar surface area (TPSA) is 95.1 Å². The highest BCUT2D eigenvalue weighted by Crippen LogP contribution is 2.22. The average Bonchev–Trinajstić information content (AvgIpc) is 3.00. The number of piperidine rings is 1. The Hall–Kier alpha value is -1.50. The molecule has 2 rings (SSSR count). The van der Waals surface area contributed by atoms with Gasteiger partial charge in [0.2, 0.25) is 0 Å². The van der Waals surface area contributed by atoms with Crippen molar-refractivity contribution in [2.24, 2.45) is 11.8 Å². The van der Waals surface area contributed by atoms with E-state index in [1.54, 1.807) is 24.0 Å². The molecule has 22 heavy (non-hydrogen) atoms. The van der Waals surface area contributed by atoms with Crippen molar-refractivity contribution >= 4 is 10.2 Å². The molecule has 9 heteroatoms. The van der Waals surface area contributed by atoms with Crippen molar-refractivity contribution in [3.63, 3.8) is 0 Å². The van der Waals surface area contributed by atoms with E-state index in [9.17, 15) is 8.42 Å². The summed E-state index contributed by atoms with van der Waals surface area (Å²) < 4.78 is 29.7. The van der Waals surface area contributed by atoms with Gasteiger partial charge >= 0.3 is 0 Å². The molecule has 2 heterocycles. The molecular weight excluding hydrogens is 304 g/mol. The van der Waals surface area contributed by atoms with Crippen molar-refractivity contribution in [1.82, 2.24) is 23.6 Å². The van der Waals surface area contributed by atoms with E-state index in [4.69, 9.17) is 5.26 Å². The highest BCUT2D eigenvalue weighted by Gasteiger charge is 2.32. The summed E-state index contributed by atoms with van der Waals surface area (Å²) in [5.74, 6) is -0.0949. The monoisotopic (exact) mass is 326 g/mol. The van der Waals surface area contributed by atoms with Gasteiger partial charge in [0.15, 0.2) is 0 Å². The smallest absolute Gasteiger partial charge is 0.252 e. The van der Waals surface area contributed by atoms with Crippen molar-refractivity contribution in [2.45, 2.75) is 26.3 Å². The van der Waals surface area contributed by atoms with Gasteiger partial charge in [-0.15, -0.1) is 5.10 Å². The number of aromatic nitrogens is 3. The molecule has 0 bridgehead atoms. The summed E-state index contributed by atoms with van der Waals surface area (Å²) in [7, 11) is -1.98. The van der Waals surface area contributed by atoms with Gasteiger partial charge in [-0.25, -0.2) is 0 Å². The molecule has 0 amide bonds. The third-order valence-corrected chi connectivity index (χ3v) is 5.79. The van der Waals surface area contributed by atoms with E-state index in [1.807, 2.05) is 0 Å². The maximum absolute atomic E-state index is 12.6. The number of hydrogen-bond acceptors (Lipinski definition) is 5. The van der Waals surface area contributed by atoms with Crippen LogP contribution in [0.1, 0.15) is 19.8 Å². The molecule has 2 atom stereocenters. The zero-order valence-corrected chi connectivity index (χ0v) is 13.8. The predicted octanol–water partition coefficient (Wildman–Crippen LogP) is 0.326. The van der Waals surface area contributed by atoms with Gasteiger partial charge in [0.05, 0.1) is 18.2 Å². The molecule has 0 saturated carbocycles. The molecule has 0 aromatic carbocycles. The second-order valence-corrected chi connectivity index (χ2v) is 7.85. The second-order valence-electron chi connectivity index (χ2n) is 5.81. The summed E-state index contributed by atoms with van der Waals surface area (Å²) in [6, 6.07) is 2.07. The normalized spacial score (nSPS) is 21.6. The van der Waals surface area contributed by atoms with Crippen molar-refractivity contribution in [3.8, 4) is 6.07 Å². The number of hydrogen-bond donors (Lipinski definition) is 0. The lowest BCUT2D eigenvalue weighted by Crippen LogP contribution is -2.48. The standard InChI is InChI=1S/C13H22N6O2S/c1-12(8-14)9-17(2)22(20,21)19-6-3-4-13(11-19)10-18-7-5-15-16-18/h5,7,12-13H,3-4,6,9-11H2,1-2H3/t12-,13-/m1/s1. The number of rotatable bonds is 6. The molecule has 1 saturated heterocycles. The largest absolute Gasteiger partial charge is 0.281 e. The lowest BCUT2D eigenvalue weighted by Gasteiger charge is -2.34.